The molecule has 124 valence electrons. The van der Waals surface area contributed by atoms with E-state index in [4.69, 9.17) is 4.74 Å². The van der Waals surface area contributed by atoms with Gasteiger partial charge in [0.1, 0.15) is 23.4 Å². The number of ether oxygens (including phenoxy) is 1. The number of nitrogens with zero attached hydrogens (tertiary/aromatic N) is 1. The van der Waals surface area contributed by atoms with E-state index in [0.717, 1.165) is 6.42 Å². The van der Waals surface area contributed by atoms with Crippen LogP contribution in [0.1, 0.15) is 33.1 Å². The van der Waals surface area contributed by atoms with Gasteiger partial charge in [0.25, 0.3) is 0 Å². The summed E-state index contributed by atoms with van der Waals surface area (Å²) in [5.41, 5.74) is 0.271. The molecule has 0 aromatic carbocycles. The van der Waals surface area contributed by atoms with Crippen molar-refractivity contribution in [3.63, 3.8) is 0 Å². The molecule has 1 saturated heterocycles. The SMILES string of the molecule is CCC/N=C(/C)C(=O)OC1CC(=O)CNCCNCC(=O)C1. The smallest absolute Gasteiger partial charge is 0.352 e. The van der Waals surface area contributed by atoms with E-state index in [-0.39, 0.29) is 43.2 Å². The van der Waals surface area contributed by atoms with Crippen LogP contribution in [0.2, 0.25) is 0 Å². The Kier molecular flexibility index (Phi) is 8.54. The largest absolute Gasteiger partial charge is 0.457 e. The zero-order valence-electron chi connectivity index (χ0n) is 13.3. The summed E-state index contributed by atoms with van der Waals surface area (Å²) in [7, 11) is 0. The fourth-order valence-corrected chi connectivity index (χ4v) is 2.02. The second kappa shape index (κ2) is 10.2. The summed E-state index contributed by atoms with van der Waals surface area (Å²) in [6.07, 6.45) is 0.209. The highest BCUT2D eigenvalue weighted by atomic mass is 16.5. The number of hydrogen-bond acceptors (Lipinski definition) is 7. The molecule has 0 aliphatic carbocycles. The van der Waals surface area contributed by atoms with E-state index in [1.54, 1.807) is 6.92 Å². The van der Waals surface area contributed by atoms with Crippen LogP contribution in [0.3, 0.4) is 0 Å². The minimum absolute atomic E-state index is 0.0472. The molecular formula is C15H25N3O4. The van der Waals surface area contributed by atoms with E-state index < -0.39 is 12.1 Å². The number of Topliss-reactive ketones (excluding diaryl/α,β-unsaturated/α-hetero) is 2. The molecule has 7 nitrogen and oxygen atoms in total. The van der Waals surface area contributed by atoms with Gasteiger partial charge in [0, 0.05) is 32.5 Å². The van der Waals surface area contributed by atoms with Crippen LogP contribution in [0.4, 0.5) is 0 Å². The third kappa shape index (κ3) is 7.42. The number of aliphatic imine (C=N–C) groups is 1. The lowest BCUT2D eigenvalue weighted by Gasteiger charge is -2.16. The van der Waals surface area contributed by atoms with Gasteiger partial charge in [-0.15, -0.1) is 0 Å². The van der Waals surface area contributed by atoms with E-state index in [0.29, 0.717) is 19.6 Å². The molecule has 0 amide bonds. The maximum absolute atomic E-state index is 11.9. The topological polar surface area (TPSA) is 96.9 Å². The quantitative estimate of drug-likeness (QED) is 0.555. The lowest BCUT2D eigenvalue weighted by Crippen LogP contribution is -2.32. The summed E-state index contributed by atoms with van der Waals surface area (Å²) in [6.45, 7) is 5.76. The highest BCUT2D eigenvalue weighted by Gasteiger charge is 2.23. The van der Waals surface area contributed by atoms with Crippen molar-refractivity contribution < 1.29 is 19.1 Å². The molecule has 1 heterocycles. The molecule has 0 atom stereocenters. The summed E-state index contributed by atoms with van der Waals surface area (Å²) in [6, 6.07) is 0. The zero-order chi connectivity index (χ0) is 16.4. The fraction of sp³-hybridized carbons (Fsp3) is 0.733. The Morgan fingerprint density at radius 3 is 2.23 bits per heavy atom. The van der Waals surface area contributed by atoms with Crippen LogP contribution in [0.25, 0.3) is 0 Å². The molecule has 7 heteroatoms. The minimum atomic E-state index is -0.721. The molecule has 1 aliphatic rings. The van der Waals surface area contributed by atoms with Crippen molar-refractivity contribution in [2.24, 2.45) is 4.99 Å². The van der Waals surface area contributed by atoms with E-state index in [1.165, 1.54) is 0 Å². The van der Waals surface area contributed by atoms with Gasteiger partial charge in [0.15, 0.2) is 0 Å². The van der Waals surface area contributed by atoms with E-state index >= 15 is 0 Å². The van der Waals surface area contributed by atoms with Crippen LogP contribution in [0.5, 0.6) is 0 Å². The maximum Gasteiger partial charge on any atom is 0.352 e. The third-order valence-electron chi connectivity index (χ3n) is 3.18. The Balaban J connectivity index is 2.66. The molecule has 0 saturated carbocycles. The maximum atomic E-state index is 11.9. The molecule has 1 aliphatic heterocycles. The number of esters is 1. The average Bonchev–Trinajstić information content (AvgIpc) is 2.50. The second-order valence-corrected chi connectivity index (χ2v) is 5.33. The van der Waals surface area contributed by atoms with Crippen LogP contribution in [0.15, 0.2) is 4.99 Å². The monoisotopic (exact) mass is 311 g/mol. The van der Waals surface area contributed by atoms with Gasteiger partial charge in [-0.2, -0.15) is 0 Å². The van der Waals surface area contributed by atoms with Crippen LogP contribution in [-0.2, 0) is 19.1 Å². The van der Waals surface area contributed by atoms with Crippen LogP contribution < -0.4 is 10.6 Å². The first-order valence-electron chi connectivity index (χ1n) is 7.69. The molecular weight excluding hydrogens is 286 g/mol. The lowest BCUT2D eigenvalue weighted by molar-refractivity contribution is -0.143. The first kappa shape index (κ1) is 18.4. The number of rotatable bonds is 4. The standard InChI is InChI=1S/C15H25N3O4/c1-3-4-18-11(2)15(21)22-14-7-12(19)9-16-5-6-17-10-13(20)8-14/h14,16-17H,3-10H2,1-2H3/b18-11-. The van der Waals surface area contributed by atoms with E-state index in [2.05, 4.69) is 15.6 Å². The van der Waals surface area contributed by atoms with Crippen molar-refractivity contribution in [1.29, 1.82) is 0 Å². The Labute approximate surface area is 130 Å². The second-order valence-electron chi connectivity index (χ2n) is 5.33. The van der Waals surface area contributed by atoms with Crippen molar-refractivity contribution in [3.05, 3.63) is 0 Å². The summed E-state index contributed by atoms with van der Waals surface area (Å²) < 4.78 is 5.30. The van der Waals surface area contributed by atoms with Gasteiger partial charge in [-0.05, 0) is 13.3 Å². The molecule has 0 radical (unpaired) electrons. The summed E-state index contributed by atoms with van der Waals surface area (Å²) in [4.78, 5) is 39.7. The van der Waals surface area contributed by atoms with Gasteiger partial charge in [-0.1, -0.05) is 6.92 Å². The number of hydrogen-bond donors (Lipinski definition) is 2. The highest BCUT2D eigenvalue weighted by molar-refractivity contribution is 6.35. The van der Waals surface area contributed by atoms with Gasteiger partial charge >= 0.3 is 5.97 Å². The molecule has 1 rings (SSSR count). The summed E-state index contributed by atoms with van der Waals surface area (Å²) in [5.74, 6) is -0.707. The Morgan fingerprint density at radius 2 is 1.73 bits per heavy atom. The third-order valence-corrected chi connectivity index (χ3v) is 3.18. The first-order valence-corrected chi connectivity index (χ1v) is 7.69. The Morgan fingerprint density at radius 1 is 1.18 bits per heavy atom. The first-order chi connectivity index (χ1) is 10.5. The van der Waals surface area contributed by atoms with Crippen LogP contribution in [-0.4, -0.2) is 62.1 Å². The number of carbonyl (C=O) groups is 3. The number of nitrogens with one attached hydrogen (secondary N) is 2. The van der Waals surface area contributed by atoms with Crippen molar-refractivity contribution >= 4 is 23.2 Å². The summed E-state index contributed by atoms with van der Waals surface area (Å²) >= 11 is 0. The molecule has 2 N–H and O–H groups in total. The van der Waals surface area contributed by atoms with Crippen molar-refractivity contribution in [3.8, 4) is 0 Å². The number of carbonyl (C=O) groups excluding carboxylic acids is 3. The Bertz CT molecular complexity index is 413. The van der Waals surface area contributed by atoms with E-state index in [9.17, 15) is 14.4 Å². The highest BCUT2D eigenvalue weighted by Crippen LogP contribution is 2.08. The lowest BCUT2D eigenvalue weighted by atomic mass is 10.1. The molecule has 0 bridgehead atoms. The Hall–Kier alpha value is -1.60. The predicted molar refractivity (Wildman–Crippen MR) is 83.1 cm³/mol. The van der Waals surface area contributed by atoms with Crippen molar-refractivity contribution in [2.45, 2.75) is 39.2 Å². The zero-order valence-corrected chi connectivity index (χ0v) is 13.3. The van der Waals surface area contributed by atoms with Crippen LogP contribution >= 0.6 is 0 Å². The molecule has 22 heavy (non-hydrogen) atoms. The number of ketones is 2. The predicted octanol–water partition coefficient (Wildman–Crippen LogP) is -0.120. The minimum Gasteiger partial charge on any atom is -0.457 e. The van der Waals surface area contributed by atoms with Gasteiger partial charge in [-0.3, -0.25) is 14.6 Å². The summed E-state index contributed by atoms with van der Waals surface area (Å²) in [5, 5.41) is 5.97. The van der Waals surface area contributed by atoms with Crippen molar-refractivity contribution in [1.82, 2.24) is 10.6 Å². The van der Waals surface area contributed by atoms with Gasteiger partial charge < -0.3 is 15.4 Å². The van der Waals surface area contributed by atoms with E-state index in [1.807, 2.05) is 6.92 Å². The molecule has 0 aromatic heterocycles. The van der Waals surface area contributed by atoms with Crippen molar-refractivity contribution in [2.75, 3.05) is 32.7 Å². The van der Waals surface area contributed by atoms with Crippen LogP contribution in [0, 0.1) is 0 Å². The fourth-order valence-electron chi connectivity index (χ4n) is 2.02. The average molecular weight is 311 g/mol. The normalized spacial score (nSPS) is 19.6. The molecule has 0 aromatic rings. The van der Waals surface area contributed by atoms with Gasteiger partial charge in [0.2, 0.25) is 0 Å². The molecule has 0 unspecified atom stereocenters. The van der Waals surface area contributed by atoms with Gasteiger partial charge in [-0.25, -0.2) is 4.79 Å². The molecule has 0 spiro atoms. The van der Waals surface area contributed by atoms with Gasteiger partial charge in [0.05, 0.1) is 13.1 Å². The molecule has 1 fully saturated rings.